The van der Waals surface area contributed by atoms with Gasteiger partial charge >= 0.3 is 5.97 Å². The molecule has 2 rings (SSSR count). The molecule has 0 bridgehead atoms. The maximum Gasteiger partial charge on any atom is 0.308 e. The van der Waals surface area contributed by atoms with E-state index in [9.17, 15) is 18.4 Å². The number of aliphatic carboxylic acids is 1. The first-order valence-electron chi connectivity index (χ1n) is 6.51. The third kappa shape index (κ3) is 3.00. The number of rotatable bonds is 2. The Morgan fingerprint density at radius 3 is 2.62 bits per heavy atom. The molecule has 1 heterocycles. The van der Waals surface area contributed by atoms with Gasteiger partial charge in [-0.2, -0.15) is 0 Å². The monoisotopic (exact) mass is 317 g/mol. The fraction of sp³-hybridized carbons (Fsp3) is 0.429. The van der Waals surface area contributed by atoms with Crippen molar-refractivity contribution in [2.75, 3.05) is 6.54 Å². The Morgan fingerprint density at radius 1 is 1.33 bits per heavy atom. The fourth-order valence-corrected chi connectivity index (χ4v) is 2.75. The van der Waals surface area contributed by atoms with E-state index in [0.29, 0.717) is 19.4 Å². The quantitative estimate of drug-likeness (QED) is 0.853. The van der Waals surface area contributed by atoms with Crippen LogP contribution in [0, 0.1) is 17.6 Å². The predicted molar refractivity (Wildman–Crippen MR) is 72.2 cm³/mol. The molecule has 1 N–H and O–H groups in total. The van der Waals surface area contributed by atoms with Crippen LogP contribution in [0.25, 0.3) is 0 Å². The lowest BCUT2D eigenvalue weighted by Gasteiger charge is -2.37. The molecule has 0 aliphatic carbocycles. The molecule has 0 saturated carbocycles. The summed E-state index contributed by atoms with van der Waals surface area (Å²) < 4.78 is 27.2. The van der Waals surface area contributed by atoms with E-state index < -0.39 is 46.1 Å². The van der Waals surface area contributed by atoms with E-state index in [1.165, 1.54) is 4.90 Å². The van der Waals surface area contributed by atoms with E-state index in [1.54, 1.807) is 6.92 Å². The molecule has 114 valence electrons. The summed E-state index contributed by atoms with van der Waals surface area (Å²) in [7, 11) is 0. The first-order valence-corrected chi connectivity index (χ1v) is 6.89. The number of likely N-dealkylation sites (tertiary alicyclic amines) is 1. The molecule has 0 unspecified atom stereocenters. The zero-order valence-electron chi connectivity index (χ0n) is 11.3. The minimum Gasteiger partial charge on any atom is -0.481 e. The number of carbonyl (C=O) groups excluding carboxylic acids is 1. The second-order valence-corrected chi connectivity index (χ2v) is 5.48. The van der Waals surface area contributed by atoms with Crippen LogP contribution in [0.2, 0.25) is 5.02 Å². The van der Waals surface area contributed by atoms with Gasteiger partial charge in [-0.3, -0.25) is 9.59 Å². The van der Waals surface area contributed by atoms with E-state index in [4.69, 9.17) is 16.7 Å². The van der Waals surface area contributed by atoms with Crippen molar-refractivity contribution < 1.29 is 23.5 Å². The van der Waals surface area contributed by atoms with Crippen molar-refractivity contribution in [3.05, 3.63) is 34.4 Å². The zero-order chi connectivity index (χ0) is 15.7. The summed E-state index contributed by atoms with van der Waals surface area (Å²) in [5.74, 6) is -4.23. The molecule has 1 aromatic carbocycles. The molecule has 1 aliphatic heterocycles. The molecule has 0 radical (unpaired) electrons. The Bertz CT molecular complexity index is 594. The fourth-order valence-electron chi connectivity index (χ4n) is 2.60. The molecule has 7 heteroatoms. The summed E-state index contributed by atoms with van der Waals surface area (Å²) in [5.41, 5.74) is -0.435. The number of carboxylic acid groups (broad SMARTS) is 1. The van der Waals surface area contributed by atoms with Crippen LogP contribution in [-0.2, 0) is 4.79 Å². The lowest BCUT2D eigenvalue weighted by atomic mass is 9.90. The first-order chi connectivity index (χ1) is 9.82. The van der Waals surface area contributed by atoms with Gasteiger partial charge in [0.2, 0.25) is 0 Å². The molecule has 1 fully saturated rings. The Morgan fingerprint density at radius 2 is 2.00 bits per heavy atom. The number of carbonyl (C=O) groups is 2. The highest BCUT2D eigenvalue weighted by Gasteiger charge is 2.36. The molecule has 1 aliphatic rings. The number of halogens is 3. The van der Waals surface area contributed by atoms with E-state index in [1.807, 2.05) is 0 Å². The zero-order valence-corrected chi connectivity index (χ0v) is 12.0. The van der Waals surface area contributed by atoms with Crippen molar-refractivity contribution >= 4 is 23.5 Å². The number of hydrogen-bond acceptors (Lipinski definition) is 2. The molecule has 21 heavy (non-hydrogen) atoms. The Hall–Kier alpha value is -1.69. The van der Waals surface area contributed by atoms with Gasteiger partial charge in [0.15, 0.2) is 0 Å². The Balaban J connectivity index is 2.31. The SMILES string of the molecule is C[C@@H]1[C@H](C(=O)O)CCCN1C(=O)c1cc(F)c(Cl)cc1F. The van der Waals surface area contributed by atoms with Crippen molar-refractivity contribution in [1.82, 2.24) is 4.90 Å². The Kier molecular flexibility index (Phi) is 4.46. The summed E-state index contributed by atoms with van der Waals surface area (Å²) in [6.07, 6.45) is 0.961. The second kappa shape index (κ2) is 5.97. The molecular formula is C14H14ClF2NO3. The van der Waals surface area contributed by atoms with Crippen LogP contribution in [0.1, 0.15) is 30.1 Å². The van der Waals surface area contributed by atoms with Crippen LogP contribution >= 0.6 is 11.6 Å². The van der Waals surface area contributed by atoms with Crippen LogP contribution in [-0.4, -0.2) is 34.5 Å². The summed E-state index contributed by atoms with van der Waals surface area (Å²) in [5, 5.41) is 8.72. The third-order valence-electron chi connectivity index (χ3n) is 3.81. The van der Waals surface area contributed by atoms with Crippen LogP contribution in [0.4, 0.5) is 8.78 Å². The van der Waals surface area contributed by atoms with Crippen molar-refractivity contribution in [2.24, 2.45) is 5.92 Å². The largest absolute Gasteiger partial charge is 0.481 e. The van der Waals surface area contributed by atoms with Gasteiger partial charge in [0.1, 0.15) is 11.6 Å². The average Bonchev–Trinajstić information content (AvgIpc) is 2.42. The molecule has 1 aromatic rings. The highest BCUT2D eigenvalue weighted by atomic mass is 35.5. The number of piperidine rings is 1. The molecule has 2 atom stereocenters. The number of nitrogens with zero attached hydrogens (tertiary/aromatic N) is 1. The van der Waals surface area contributed by atoms with E-state index >= 15 is 0 Å². The van der Waals surface area contributed by atoms with E-state index in [0.717, 1.165) is 12.1 Å². The van der Waals surface area contributed by atoms with Crippen LogP contribution < -0.4 is 0 Å². The van der Waals surface area contributed by atoms with Crippen LogP contribution in [0.5, 0.6) is 0 Å². The van der Waals surface area contributed by atoms with Crippen molar-refractivity contribution in [2.45, 2.75) is 25.8 Å². The van der Waals surface area contributed by atoms with Gasteiger partial charge in [0, 0.05) is 12.6 Å². The summed E-state index contributed by atoms with van der Waals surface area (Å²) >= 11 is 5.45. The number of hydrogen-bond donors (Lipinski definition) is 1. The van der Waals surface area contributed by atoms with Crippen LogP contribution in [0.15, 0.2) is 12.1 Å². The highest BCUT2D eigenvalue weighted by Crippen LogP contribution is 2.27. The van der Waals surface area contributed by atoms with Crippen molar-refractivity contribution in [1.29, 1.82) is 0 Å². The van der Waals surface area contributed by atoms with E-state index in [-0.39, 0.29) is 0 Å². The summed E-state index contributed by atoms with van der Waals surface area (Å²) in [4.78, 5) is 24.8. The van der Waals surface area contributed by atoms with E-state index in [2.05, 4.69) is 0 Å². The number of carboxylic acids is 1. The maximum atomic E-state index is 13.8. The average molecular weight is 318 g/mol. The second-order valence-electron chi connectivity index (χ2n) is 5.07. The first kappa shape index (κ1) is 15.7. The smallest absolute Gasteiger partial charge is 0.308 e. The highest BCUT2D eigenvalue weighted by molar-refractivity contribution is 6.30. The molecule has 0 spiro atoms. The van der Waals surface area contributed by atoms with Gasteiger partial charge < -0.3 is 10.0 Å². The Labute approximate surface area is 125 Å². The number of benzene rings is 1. The normalized spacial score (nSPS) is 22.2. The molecule has 0 aromatic heterocycles. The van der Waals surface area contributed by atoms with Crippen molar-refractivity contribution in [3.63, 3.8) is 0 Å². The molecule has 4 nitrogen and oxygen atoms in total. The topological polar surface area (TPSA) is 57.6 Å². The van der Waals surface area contributed by atoms with Gasteiger partial charge in [0.25, 0.3) is 5.91 Å². The van der Waals surface area contributed by atoms with Gasteiger partial charge in [-0.1, -0.05) is 11.6 Å². The van der Waals surface area contributed by atoms with Gasteiger partial charge in [-0.05, 0) is 31.9 Å². The molecule has 1 amide bonds. The third-order valence-corrected chi connectivity index (χ3v) is 4.10. The lowest BCUT2D eigenvalue weighted by molar-refractivity contribution is -0.144. The maximum absolute atomic E-state index is 13.8. The number of amides is 1. The standard InChI is InChI=1S/C14H14ClF2NO3/c1-7-8(14(20)21)3-2-4-18(7)13(19)9-5-12(17)10(15)6-11(9)16/h5-8H,2-4H2,1H3,(H,20,21)/t7-,8-/m1/s1. The summed E-state index contributed by atoms with van der Waals surface area (Å²) in [6.45, 7) is 1.91. The van der Waals surface area contributed by atoms with Crippen molar-refractivity contribution in [3.8, 4) is 0 Å². The van der Waals surface area contributed by atoms with Gasteiger partial charge in [-0.25, -0.2) is 8.78 Å². The van der Waals surface area contributed by atoms with Crippen LogP contribution in [0.3, 0.4) is 0 Å². The van der Waals surface area contributed by atoms with Gasteiger partial charge in [-0.15, -0.1) is 0 Å². The lowest BCUT2D eigenvalue weighted by Crippen LogP contribution is -2.49. The molecular weight excluding hydrogens is 304 g/mol. The minimum atomic E-state index is -0.997. The predicted octanol–water partition coefficient (Wildman–Crippen LogP) is 2.94. The summed E-state index contributed by atoms with van der Waals surface area (Å²) in [6, 6.07) is 0.909. The molecule has 1 saturated heterocycles. The van der Waals surface area contributed by atoms with Gasteiger partial charge in [0.05, 0.1) is 16.5 Å². The minimum absolute atomic E-state index is 0.313.